The highest BCUT2D eigenvalue weighted by atomic mass is 19.4. The van der Waals surface area contributed by atoms with Crippen LogP contribution < -0.4 is 9.91 Å². The van der Waals surface area contributed by atoms with Crippen molar-refractivity contribution in [1.82, 2.24) is 19.9 Å². The number of hydrogen-bond acceptors (Lipinski definition) is 7. The van der Waals surface area contributed by atoms with Gasteiger partial charge in [-0.2, -0.15) is 31.3 Å². The highest BCUT2D eigenvalue weighted by molar-refractivity contribution is 5.66. The van der Waals surface area contributed by atoms with Crippen LogP contribution in [0, 0.1) is 0 Å². The number of β-amino-alcohol motifs (C(OH)–C–C–N with tert-alkyl or cyclic N) is 1. The Kier molecular flexibility index (Phi) is 4.83. The van der Waals surface area contributed by atoms with Crippen LogP contribution in [0.2, 0.25) is 0 Å². The summed E-state index contributed by atoms with van der Waals surface area (Å²) in [7, 11) is 0. The number of halogens is 6. The number of nitrogens with zero attached hydrogens (tertiary/aromatic N) is 6. The Balaban J connectivity index is 1.70. The van der Waals surface area contributed by atoms with Crippen molar-refractivity contribution in [2.45, 2.75) is 37.1 Å². The molecule has 3 aliphatic heterocycles. The van der Waals surface area contributed by atoms with E-state index in [9.17, 15) is 41.4 Å². The molecule has 0 saturated carbocycles. The van der Waals surface area contributed by atoms with Gasteiger partial charge in [0.05, 0.1) is 6.54 Å². The molecule has 1 aromatic rings. The molecule has 3 atom stereocenters. The molecule has 2 fully saturated rings. The molecule has 2 saturated heterocycles. The SMILES string of the molecule is O=C(O)N1CCC1N1C=CCN1c1cc(C(F)(F)F)nc(N2C[C@@H](O)[C@@H]2C(F)(F)F)n1. The topological polar surface area (TPSA) is 96.3 Å². The van der Waals surface area contributed by atoms with Crippen LogP contribution in [0.3, 0.4) is 0 Å². The summed E-state index contributed by atoms with van der Waals surface area (Å²) < 4.78 is 79.8. The van der Waals surface area contributed by atoms with E-state index in [1.807, 2.05) is 0 Å². The Morgan fingerprint density at radius 2 is 1.87 bits per heavy atom. The number of alkyl halides is 6. The zero-order valence-corrected chi connectivity index (χ0v) is 15.5. The van der Waals surface area contributed by atoms with Gasteiger partial charge in [-0.05, 0) is 6.08 Å². The van der Waals surface area contributed by atoms with E-state index in [4.69, 9.17) is 0 Å². The summed E-state index contributed by atoms with van der Waals surface area (Å²) in [5, 5.41) is 21.3. The molecule has 15 heteroatoms. The lowest BCUT2D eigenvalue weighted by atomic mass is 9.99. The standard InChI is InChI=1S/C16H16F6N6O3/c17-15(18,19)9-6-10(24-13(23-9)26-7-8(29)12(26)16(20,21)22)27-3-1-4-28(27)11-2-5-25(11)14(30)31/h1,4,6,8,11-12,29H,2-3,5,7H2,(H,30,31)/t8-,11?,12-/m1/s1. The third kappa shape index (κ3) is 3.66. The normalized spacial score (nSPS) is 26.2. The average molecular weight is 454 g/mol. The predicted octanol–water partition coefficient (Wildman–Crippen LogP) is 1.87. The smallest absolute Gasteiger partial charge is 0.433 e. The highest BCUT2D eigenvalue weighted by Gasteiger charge is 2.56. The Morgan fingerprint density at radius 1 is 1.16 bits per heavy atom. The molecule has 0 radical (unpaired) electrons. The number of aromatic nitrogens is 2. The molecule has 0 spiro atoms. The number of aliphatic hydroxyl groups is 1. The van der Waals surface area contributed by atoms with E-state index < -0.39 is 54.9 Å². The second-order valence-corrected chi connectivity index (χ2v) is 7.21. The number of amides is 1. The molecular formula is C16H16F6N6O3. The number of carbonyl (C=O) groups is 1. The Hall–Kier alpha value is -2.97. The minimum absolute atomic E-state index is 0.0308. The molecule has 0 bridgehead atoms. The molecule has 1 aromatic heterocycles. The molecule has 31 heavy (non-hydrogen) atoms. The predicted molar refractivity (Wildman–Crippen MR) is 91.7 cm³/mol. The number of aliphatic hydroxyl groups excluding tert-OH is 1. The van der Waals surface area contributed by atoms with Gasteiger partial charge in [-0.3, -0.25) is 14.9 Å². The third-order valence-electron chi connectivity index (χ3n) is 5.29. The maximum atomic E-state index is 13.4. The van der Waals surface area contributed by atoms with Gasteiger partial charge in [-0.15, -0.1) is 0 Å². The minimum Gasteiger partial charge on any atom is -0.465 e. The molecule has 170 valence electrons. The van der Waals surface area contributed by atoms with Crippen molar-refractivity contribution >= 4 is 17.9 Å². The van der Waals surface area contributed by atoms with E-state index in [1.165, 1.54) is 16.2 Å². The lowest BCUT2D eigenvalue weighted by Gasteiger charge is -2.48. The quantitative estimate of drug-likeness (QED) is 0.669. The molecule has 1 amide bonds. The number of hydrogen-bond donors (Lipinski definition) is 2. The van der Waals surface area contributed by atoms with E-state index in [0.29, 0.717) is 17.4 Å². The van der Waals surface area contributed by atoms with Crippen LogP contribution in [0.4, 0.5) is 42.9 Å². The summed E-state index contributed by atoms with van der Waals surface area (Å²) in [6, 6.07) is -1.84. The molecule has 4 rings (SSSR count). The number of rotatable bonds is 3. The fourth-order valence-corrected chi connectivity index (χ4v) is 3.69. The van der Waals surface area contributed by atoms with Crippen LogP contribution >= 0.6 is 0 Å². The summed E-state index contributed by atoms with van der Waals surface area (Å²) in [4.78, 5) is 20.0. The maximum absolute atomic E-state index is 13.4. The summed E-state index contributed by atoms with van der Waals surface area (Å²) >= 11 is 0. The summed E-state index contributed by atoms with van der Waals surface area (Å²) in [6.07, 6.45) is -10.1. The van der Waals surface area contributed by atoms with Crippen molar-refractivity contribution in [2.75, 3.05) is 29.5 Å². The Bertz CT molecular complexity index is 909. The number of likely N-dealkylation sites (tertiary alicyclic amines) is 1. The molecule has 4 heterocycles. The van der Waals surface area contributed by atoms with Gasteiger partial charge < -0.3 is 15.1 Å². The zero-order chi connectivity index (χ0) is 22.7. The van der Waals surface area contributed by atoms with Crippen molar-refractivity contribution in [1.29, 1.82) is 0 Å². The fraction of sp³-hybridized carbons (Fsp3) is 0.562. The lowest BCUT2D eigenvalue weighted by molar-refractivity contribution is -0.186. The Morgan fingerprint density at radius 3 is 2.39 bits per heavy atom. The first kappa shape index (κ1) is 21.3. The fourth-order valence-electron chi connectivity index (χ4n) is 3.69. The van der Waals surface area contributed by atoms with E-state index in [2.05, 4.69) is 9.97 Å². The van der Waals surface area contributed by atoms with E-state index in [1.54, 1.807) is 6.08 Å². The van der Waals surface area contributed by atoms with Crippen molar-refractivity contribution in [3.05, 3.63) is 24.0 Å². The first-order chi connectivity index (χ1) is 14.4. The highest BCUT2D eigenvalue weighted by Crippen LogP contribution is 2.39. The Labute approximate surface area is 170 Å². The second kappa shape index (κ2) is 7.03. The van der Waals surface area contributed by atoms with Gasteiger partial charge in [-0.1, -0.05) is 0 Å². The maximum Gasteiger partial charge on any atom is 0.433 e. The first-order valence-electron chi connectivity index (χ1n) is 9.07. The molecule has 0 aliphatic carbocycles. The largest absolute Gasteiger partial charge is 0.465 e. The first-order valence-corrected chi connectivity index (χ1v) is 9.07. The van der Waals surface area contributed by atoms with Gasteiger partial charge in [0.25, 0.3) is 0 Å². The number of hydrazine groups is 1. The van der Waals surface area contributed by atoms with Gasteiger partial charge in [0, 0.05) is 31.8 Å². The van der Waals surface area contributed by atoms with Gasteiger partial charge in [0.1, 0.15) is 12.3 Å². The molecular weight excluding hydrogens is 438 g/mol. The average Bonchev–Trinajstić information content (AvgIpc) is 3.04. The lowest BCUT2D eigenvalue weighted by Crippen LogP contribution is -2.67. The summed E-state index contributed by atoms with van der Waals surface area (Å²) in [5.41, 5.74) is -1.45. The van der Waals surface area contributed by atoms with Crippen molar-refractivity contribution < 1.29 is 41.4 Å². The van der Waals surface area contributed by atoms with Gasteiger partial charge in [0.2, 0.25) is 5.95 Å². The van der Waals surface area contributed by atoms with Crippen LogP contribution in [-0.4, -0.2) is 80.3 Å². The third-order valence-corrected chi connectivity index (χ3v) is 5.29. The summed E-state index contributed by atoms with van der Waals surface area (Å²) in [5.74, 6) is -1.17. The minimum atomic E-state index is -4.97. The number of carboxylic acid groups (broad SMARTS) is 1. The molecule has 2 N–H and O–H groups in total. The van der Waals surface area contributed by atoms with Crippen molar-refractivity contribution in [2.24, 2.45) is 0 Å². The molecule has 9 nitrogen and oxygen atoms in total. The van der Waals surface area contributed by atoms with Crippen molar-refractivity contribution in [3.63, 3.8) is 0 Å². The van der Waals surface area contributed by atoms with Crippen LogP contribution in [0.25, 0.3) is 0 Å². The van der Waals surface area contributed by atoms with Gasteiger partial charge in [-0.25, -0.2) is 9.78 Å². The van der Waals surface area contributed by atoms with Gasteiger partial charge >= 0.3 is 18.4 Å². The van der Waals surface area contributed by atoms with Crippen LogP contribution in [0.15, 0.2) is 18.3 Å². The van der Waals surface area contributed by atoms with E-state index in [0.717, 1.165) is 4.90 Å². The molecule has 3 aliphatic rings. The second-order valence-electron chi connectivity index (χ2n) is 7.21. The van der Waals surface area contributed by atoms with E-state index in [-0.39, 0.29) is 18.9 Å². The van der Waals surface area contributed by atoms with Crippen LogP contribution in [0.1, 0.15) is 12.1 Å². The molecule has 0 aromatic carbocycles. The molecule has 1 unspecified atom stereocenters. The van der Waals surface area contributed by atoms with E-state index >= 15 is 0 Å². The van der Waals surface area contributed by atoms with Crippen LogP contribution in [0.5, 0.6) is 0 Å². The van der Waals surface area contributed by atoms with Gasteiger partial charge in [0.15, 0.2) is 17.6 Å². The monoisotopic (exact) mass is 454 g/mol. The van der Waals surface area contributed by atoms with Crippen molar-refractivity contribution in [3.8, 4) is 0 Å². The summed E-state index contributed by atoms with van der Waals surface area (Å²) in [6.45, 7) is -0.314. The number of anilines is 2. The zero-order valence-electron chi connectivity index (χ0n) is 15.5. The van der Waals surface area contributed by atoms with Crippen LogP contribution in [-0.2, 0) is 6.18 Å².